The van der Waals surface area contributed by atoms with Crippen molar-refractivity contribution in [3.8, 4) is 0 Å². The molecule has 0 radical (unpaired) electrons. The van der Waals surface area contributed by atoms with Crippen molar-refractivity contribution >= 4 is 15.9 Å². The lowest BCUT2D eigenvalue weighted by Crippen LogP contribution is -2.30. The van der Waals surface area contributed by atoms with Crippen LogP contribution in [-0.4, -0.2) is 35.4 Å². The highest BCUT2D eigenvalue weighted by Gasteiger charge is 2.11. The van der Waals surface area contributed by atoms with Crippen LogP contribution in [0.25, 0.3) is 0 Å². The number of hydrogen-bond donors (Lipinski definition) is 0. The molecule has 1 atom stereocenters. The summed E-state index contributed by atoms with van der Waals surface area (Å²) in [5, 5.41) is 0. The number of nitrogens with zero attached hydrogens (tertiary/aromatic N) is 2. The molecule has 0 bridgehead atoms. The molecule has 2 nitrogen and oxygen atoms in total. The third kappa shape index (κ3) is 5.91. The average molecular weight is 361 g/mol. The SMILES string of the molecule is CN(C)C(Br)CCN(Cc1ccccc1)Cc1ccccc1. The fourth-order valence-corrected chi connectivity index (χ4v) is 2.65. The fourth-order valence-electron chi connectivity index (χ4n) is 2.44. The summed E-state index contributed by atoms with van der Waals surface area (Å²) in [6.45, 7) is 3.05. The maximum Gasteiger partial charge on any atom is 0.0662 e. The van der Waals surface area contributed by atoms with Crippen molar-refractivity contribution in [1.29, 1.82) is 0 Å². The van der Waals surface area contributed by atoms with Gasteiger partial charge in [0.05, 0.1) is 4.95 Å². The lowest BCUT2D eigenvalue weighted by Gasteiger charge is -2.26. The third-order valence-corrected chi connectivity index (χ3v) is 5.02. The molecule has 0 saturated heterocycles. The van der Waals surface area contributed by atoms with E-state index in [1.54, 1.807) is 0 Å². The van der Waals surface area contributed by atoms with Gasteiger partial charge in [-0.2, -0.15) is 0 Å². The first kappa shape index (κ1) is 17.2. The van der Waals surface area contributed by atoms with E-state index in [1.807, 2.05) is 0 Å². The van der Waals surface area contributed by atoms with E-state index in [-0.39, 0.29) is 0 Å². The average Bonchev–Trinajstić information content (AvgIpc) is 2.54. The second-order valence-electron chi connectivity index (χ2n) is 5.87. The summed E-state index contributed by atoms with van der Waals surface area (Å²) in [5.74, 6) is 0. The maximum atomic E-state index is 3.74. The first-order valence-corrected chi connectivity index (χ1v) is 8.67. The summed E-state index contributed by atoms with van der Waals surface area (Å²) in [7, 11) is 4.22. The molecule has 0 heterocycles. The minimum Gasteiger partial charge on any atom is -0.297 e. The molecular weight excluding hydrogens is 336 g/mol. The van der Waals surface area contributed by atoms with Gasteiger partial charge in [-0.25, -0.2) is 0 Å². The predicted molar refractivity (Wildman–Crippen MR) is 98.0 cm³/mol. The van der Waals surface area contributed by atoms with Crippen molar-refractivity contribution < 1.29 is 0 Å². The lowest BCUT2D eigenvalue weighted by molar-refractivity contribution is 0.234. The smallest absolute Gasteiger partial charge is 0.0662 e. The molecule has 0 fully saturated rings. The highest BCUT2D eigenvalue weighted by atomic mass is 79.9. The molecular formula is C19H25BrN2. The molecule has 2 rings (SSSR count). The zero-order chi connectivity index (χ0) is 15.8. The Bertz CT molecular complexity index is 486. The van der Waals surface area contributed by atoms with E-state index in [9.17, 15) is 0 Å². The standard InChI is InChI=1S/C19H25BrN2/c1-21(2)19(20)13-14-22(15-17-9-5-3-6-10-17)16-18-11-7-4-8-12-18/h3-12,19H,13-16H2,1-2H3. The van der Waals surface area contributed by atoms with Crippen molar-refractivity contribution in [3.05, 3.63) is 71.8 Å². The van der Waals surface area contributed by atoms with Crippen molar-refractivity contribution in [2.24, 2.45) is 0 Å². The van der Waals surface area contributed by atoms with Gasteiger partial charge in [0.1, 0.15) is 0 Å². The molecule has 0 aliphatic rings. The highest BCUT2D eigenvalue weighted by molar-refractivity contribution is 9.09. The van der Waals surface area contributed by atoms with Crippen LogP contribution in [0.5, 0.6) is 0 Å². The minimum atomic E-state index is 0.418. The Balaban J connectivity index is 2.00. The van der Waals surface area contributed by atoms with Crippen LogP contribution < -0.4 is 0 Å². The molecule has 2 aromatic carbocycles. The van der Waals surface area contributed by atoms with Gasteiger partial charge in [0.15, 0.2) is 0 Å². The largest absolute Gasteiger partial charge is 0.297 e. The number of halogens is 1. The molecule has 2 aromatic rings. The second kappa shape index (κ2) is 9.09. The summed E-state index contributed by atoms with van der Waals surface area (Å²) in [6, 6.07) is 21.4. The van der Waals surface area contributed by atoms with Gasteiger partial charge < -0.3 is 0 Å². The van der Waals surface area contributed by atoms with Crippen molar-refractivity contribution in [2.75, 3.05) is 20.6 Å². The quantitative estimate of drug-likeness (QED) is 0.509. The van der Waals surface area contributed by atoms with Gasteiger partial charge in [-0.15, -0.1) is 0 Å². The van der Waals surface area contributed by atoms with Crippen LogP contribution in [0.2, 0.25) is 0 Å². The first-order valence-electron chi connectivity index (χ1n) is 7.76. The number of hydrogen-bond acceptors (Lipinski definition) is 2. The highest BCUT2D eigenvalue weighted by Crippen LogP contribution is 2.14. The van der Waals surface area contributed by atoms with Crippen LogP contribution in [0, 0.1) is 0 Å². The van der Waals surface area contributed by atoms with Gasteiger partial charge in [-0.3, -0.25) is 9.80 Å². The van der Waals surface area contributed by atoms with E-state index in [0.717, 1.165) is 26.1 Å². The Morgan fingerprint density at radius 3 is 1.68 bits per heavy atom. The normalized spacial score (nSPS) is 12.8. The van der Waals surface area contributed by atoms with E-state index in [1.165, 1.54) is 11.1 Å². The van der Waals surface area contributed by atoms with E-state index < -0.39 is 0 Å². The summed E-state index contributed by atoms with van der Waals surface area (Å²) < 4.78 is 0. The van der Waals surface area contributed by atoms with Gasteiger partial charge in [0.25, 0.3) is 0 Å². The van der Waals surface area contributed by atoms with Crippen molar-refractivity contribution in [1.82, 2.24) is 9.80 Å². The Hall–Kier alpha value is -1.16. The van der Waals surface area contributed by atoms with Crippen molar-refractivity contribution in [3.63, 3.8) is 0 Å². The van der Waals surface area contributed by atoms with Crippen LogP contribution in [0.1, 0.15) is 17.5 Å². The third-order valence-electron chi connectivity index (χ3n) is 3.74. The van der Waals surface area contributed by atoms with E-state index in [4.69, 9.17) is 0 Å². The summed E-state index contributed by atoms with van der Waals surface area (Å²) in [4.78, 5) is 5.15. The molecule has 0 spiro atoms. The maximum absolute atomic E-state index is 3.74. The van der Waals surface area contributed by atoms with Crippen LogP contribution in [0.15, 0.2) is 60.7 Å². The first-order chi connectivity index (χ1) is 10.6. The van der Waals surface area contributed by atoms with Gasteiger partial charge in [-0.1, -0.05) is 76.6 Å². The second-order valence-corrected chi connectivity index (χ2v) is 6.93. The number of rotatable bonds is 8. The number of alkyl halides is 1. The summed E-state index contributed by atoms with van der Waals surface area (Å²) in [6.07, 6.45) is 1.10. The predicted octanol–water partition coefficient (Wildman–Crippen LogP) is 4.36. The molecule has 0 aliphatic carbocycles. The van der Waals surface area contributed by atoms with Crippen LogP contribution in [0.3, 0.4) is 0 Å². The molecule has 0 amide bonds. The molecule has 0 saturated carbocycles. The molecule has 22 heavy (non-hydrogen) atoms. The van der Waals surface area contributed by atoms with Gasteiger partial charge in [0, 0.05) is 19.6 Å². The van der Waals surface area contributed by atoms with Crippen LogP contribution >= 0.6 is 15.9 Å². The van der Waals surface area contributed by atoms with E-state index >= 15 is 0 Å². The molecule has 118 valence electrons. The Morgan fingerprint density at radius 2 is 1.27 bits per heavy atom. The van der Waals surface area contributed by atoms with Crippen LogP contribution in [-0.2, 0) is 13.1 Å². The lowest BCUT2D eigenvalue weighted by atomic mass is 10.1. The number of benzene rings is 2. The van der Waals surface area contributed by atoms with Gasteiger partial charge in [-0.05, 0) is 31.6 Å². The Labute approximate surface area is 142 Å². The topological polar surface area (TPSA) is 6.48 Å². The molecule has 0 aliphatic heterocycles. The Kier molecular flexibility index (Phi) is 7.10. The molecule has 0 N–H and O–H groups in total. The van der Waals surface area contributed by atoms with Gasteiger partial charge in [0.2, 0.25) is 0 Å². The van der Waals surface area contributed by atoms with E-state index in [0.29, 0.717) is 4.95 Å². The monoisotopic (exact) mass is 360 g/mol. The van der Waals surface area contributed by atoms with Crippen LogP contribution in [0.4, 0.5) is 0 Å². The Morgan fingerprint density at radius 1 is 0.818 bits per heavy atom. The summed E-state index contributed by atoms with van der Waals surface area (Å²) in [5.41, 5.74) is 2.74. The molecule has 0 aromatic heterocycles. The fraction of sp³-hybridized carbons (Fsp3) is 0.368. The molecule has 3 heteroatoms. The molecule has 1 unspecified atom stereocenters. The summed E-state index contributed by atoms with van der Waals surface area (Å²) >= 11 is 3.74. The zero-order valence-electron chi connectivity index (χ0n) is 13.5. The van der Waals surface area contributed by atoms with E-state index in [2.05, 4.69) is 100 Å². The minimum absolute atomic E-state index is 0.418. The zero-order valence-corrected chi connectivity index (χ0v) is 15.0. The van der Waals surface area contributed by atoms with Crippen molar-refractivity contribution in [2.45, 2.75) is 24.5 Å². The van der Waals surface area contributed by atoms with Gasteiger partial charge >= 0.3 is 0 Å².